The number of aromatic nitrogens is 1. The summed E-state index contributed by atoms with van der Waals surface area (Å²) in [5.41, 5.74) is 12.6. The molecule has 2 aromatic rings. The number of carbonyl (C=O) groups is 1. The third kappa shape index (κ3) is 3.01. The zero-order valence-electron chi connectivity index (χ0n) is 10.6. The summed E-state index contributed by atoms with van der Waals surface area (Å²) in [6.07, 6.45) is 0.956. The summed E-state index contributed by atoms with van der Waals surface area (Å²) in [5, 5.41) is 0. The van der Waals surface area contributed by atoms with Crippen molar-refractivity contribution in [2.45, 2.75) is 13.3 Å². The number of rotatable bonds is 4. The Morgan fingerprint density at radius 2 is 1.89 bits per heavy atom. The van der Waals surface area contributed by atoms with E-state index < -0.39 is 5.91 Å². The van der Waals surface area contributed by atoms with E-state index in [9.17, 15) is 4.79 Å². The van der Waals surface area contributed by atoms with Gasteiger partial charge in [-0.3, -0.25) is 4.79 Å². The van der Waals surface area contributed by atoms with Crippen molar-refractivity contribution in [1.29, 1.82) is 0 Å². The van der Waals surface area contributed by atoms with Crippen LogP contribution in [0.2, 0.25) is 0 Å². The molecule has 0 aliphatic rings. The van der Waals surface area contributed by atoms with E-state index in [4.69, 9.17) is 16.2 Å². The average Bonchev–Trinajstić information content (AvgIpc) is 2.42. The molecule has 5 nitrogen and oxygen atoms in total. The number of carbonyl (C=O) groups excluding carboxylic acids is 1. The minimum absolute atomic E-state index is 0.120. The van der Waals surface area contributed by atoms with Crippen LogP contribution in [-0.4, -0.2) is 10.9 Å². The number of pyridine rings is 1. The van der Waals surface area contributed by atoms with Crippen molar-refractivity contribution >= 4 is 11.6 Å². The van der Waals surface area contributed by atoms with E-state index in [1.54, 1.807) is 6.07 Å². The Morgan fingerprint density at radius 3 is 2.47 bits per heavy atom. The molecule has 5 heteroatoms. The Hall–Kier alpha value is -2.56. The molecule has 0 bridgehead atoms. The number of aryl methyl sites for hydroxylation is 1. The summed E-state index contributed by atoms with van der Waals surface area (Å²) in [7, 11) is 0. The van der Waals surface area contributed by atoms with Gasteiger partial charge in [0.05, 0.1) is 5.69 Å². The fourth-order valence-electron chi connectivity index (χ4n) is 1.58. The second-order valence-corrected chi connectivity index (χ2v) is 4.05. The molecular formula is C14H15N3O2. The average molecular weight is 257 g/mol. The highest BCUT2D eigenvalue weighted by atomic mass is 16.5. The number of nitrogen functional groups attached to an aromatic ring is 1. The number of primary amides is 1. The van der Waals surface area contributed by atoms with Gasteiger partial charge in [-0.25, -0.2) is 4.98 Å². The molecular weight excluding hydrogens is 242 g/mol. The van der Waals surface area contributed by atoms with Gasteiger partial charge >= 0.3 is 0 Å². The number of hydrogen-bond donors (Lipinski definition) is 2. The largest absolute Gasteiger partial charge is 0.437 e. The Bertz CT molecular complexity index is 594. The maximum absolute atomic E-state index is 11.1. The molecule has 4 N–H and O–H groups in total. The van der Waals surface area contributed by atoms with Crippen LogP contribution in [0, 0.1) is 0 Å². The van der Waals surface area contributed by atoms with Crippen molar-refractivity contribution in [2.75, 3.05) is 5.73 Å². The first-order valence-corrected chi connectivity index (χ1v) is 5.93. The van der Waals surface area contributed by atoms with Crippen molar-refractivity contribution in [1.82, 2.24) is 4.98 Å². The molecule has 0 aliphatic heterocycles. The molecule has 98 valence electrons. The zero-order valence-corrected chi connectivity index (χ0v) is 10.6. The van der Waals surface area contributed by atoms with Gasteiger partial charge in [-0.15, -0.1) is 0 Å². The number of nitrogens with zero attached hydrogens (tertiary/aromatic N) is 1. The van der Waals surface area contributed by atoms with Gasteiger partial charge in [0, 0.05) is 0 Å². The third-order valence-corrected chi connectivity index (χ3v) is 2.69. The lowest BCUT2D eigenvalue weighted by molar-refractivity contribution is 0.0995. The maximum Gasteiger partial charge on any atom is 0.267 e. The SMILES string of the molecule is CCc1ccc(Oc2nc(C(N)=O)ccc2N)cc1. The predicted octanol–water partition coefficient (Wildman–Crippen LogP) is 2.12. The normalized spacial score (nSPS) is 10.2. The Labute approximate surface area is 111 Å². The predicted molar refractivity (Wildman–Crippen MR) is 73.1 cm³/mol. The summed E-state index contributed by atoms with van der Waals surface area (Å²) in [5.74, 6) is 0.171. The first kappa shape index (κ1) is 12.9. The van der Waals surface area contributed by atoms with Gasteiger partial charge in [0.25, 0.3) is 5.91 Å². The van der Waals surface area contributed by atoms with Crippen LogP contribution in [0.15, 0.2) is 36.4 Å². The summed E-state index contributed by atoms with van der Waals surface area (Å²) in [6.45, 7) is 2.08. The summed E-state index contributed by atoms with van der Waals surface area (Å²) >= 11 is 0. The van der Waals surface area contributed by atoms with Crippen LogP contribution in [0.1, 0.15) is 23.0 Å². The fourth-order valence-corrected chi connectivity index (χ4v) is 1.58. The van der Waals surface area contributed by atoms with Gasteiger partial charge < -0.3 is 16.2 Å². The molecule has 1 aromatic carbocycles. The number of hydrogen-bond acceptors (Lipinski definition) is 4. The number of benzene rings is 1. The lowest BCUT2D eigenvalue weighted by atomic mass is 10.2. The molecule has 19 heavy (non-hydrogen) atoms. The first-order valence-electron chi connectivity index (χ1n) is 5.93. The lowest BCUT2D eigenvalue weighted by Crippen LogP contribution is -2.13. The zero-order chi connectivity index (χ0) is 13.8. The van der Waals surface area contributed by atoms with Gasteiger partial charge in [0.2, 0.25) is 5.88 Å². The first-order chi connectivity index (χ1) is 9.10. The van der Waals surface area contributed by atoms with Crippen LogP contribution in [0.4, 0.5) is 5.69 Å². The minimum atomic E-state index is -0.619. The van der Waals surface area contributed by atoms with E-state index in [1.165, 1.54) is 11.6 Å². The molecule has 0 fully saturated rings. The summed E-state index contributed by atoms with van der Waals surface area (Å²) in [4.78, 5) is 15.1. The van der Waals surface area contributed by atoms with Crippen LogP contribution in [0.3, 0.4) is 0 Å². The van der Waals surface area contributed by atoms with Crippen LogP contribution in [0.5, 0.6) is 11.6 Å². The van der Waals surface area contributed by atoms with Crippen molar-refractivity contribution in [3.8, 4) is 11.6 Å². The van der Waals surface area contributed by atoms with Crippen LogP contribution in [-0.2, 0) is 6.42 Å². The molecule has 0 saturated carbocycles. The highest BCUT2D eigenvalue weighted by molar-refractivity contribution is 5.91. The maximum atomic E-state index is 11.1. The molecule has 2 rings (SSSR count). The van der Waals surface area contributed by atoms with Crippen molar-refractivity contribution in [3.05, 3.63) is 47.7 Å². The number of anilines is 1. The van der Waals surface area contributed by atoms with E-state index in [0.29, 0.717) is 11.4 Å². The topological polar surface area (TPSA) is 91.2 Å². The van der Waals surface area contributed by atoms with Crippen LogP contribution >= 0.6 is 0 Å². The Balaban J connectivity index is 2.26. The quantitative estimate of drug-likeness (QED) is 0.877. The second-order valence-electron chi connectivity index (χ2n) is 4.05. The molecule has 0 radical (unpaired) electrons. The van der Waals surface area contributed by atoms with E-state index >= 15 is 0 Å². The molecule has 1 amide bonds. The minimum Gasteiger partial charge on any atom is -0.437 e. The smallest absolute Gasteiger partial charge is 0.267 e. The molecule has 0 unspecified atom stereocenters. The lowest BCUT2D eigenvalue weighted by Gasteiger charge is -2.08. The summed E-state index contributed by atoms with van der Waals surface area (Å²) in [6, 6.07) is 10.6. The highest BCUT2D eigenvalue weighted by Gasteiger charge is 2.09. The van der Waals surface area contributed by atoms with Crippen molar-refractivity contribution in [2.24, 2.45) is 5.73 Å². The monoisotopic (exact) mass is 257 g/mol. The van der Waals surface area contributed by atoms with Gasteiger partial charge in [-0.05, 0) is 36.2 Å². The molecule has 0 atom stereocenters. The molecule has 0 spiro atoms. The van der Waals surface area contributed by atoms with Gasteiger partial charge in [-0.1, -0.05) is 19.1 Å². The number of ether oxygens (including phenoxy) is 1. The van der Waals surface area contributed by atoms with Crippen molar-refractivity contribution < 1.29 is 9.53 Å². The molecule has 0 aliphatic carbocycles. The van der Waals surface area contributed by atoms with Gasteiger partial charge in [0.15, 0.2) is 0 Å². The number of amides is 1. The summed E-state index contributed by atoms with van der Waals surface area (Å²) < 4.78 is 5.56. The highest BCUT2D eigenvalue weighted by Crippen LogP contribution is 2.25. The molecule has 1 aromatic heterocycles. The second kappa shape index (κ2) is 5.39. The standard InChI is InChI=1S/C14H15N3O2/c1-2-9-3-5-10(6-4-9)19-14-11(15)7-8-12(17-14)13(16)18/h3-8H,2,15H2,1H3,(H2,16,18). The third-order valence-electron chi connectivity index (χ3n) is 2.69. The van der Waals surface area contributed by atoms with Crippen LogP contribution < -0.4 is 16.2 Å². The molecule has 1 heterocycles. The Morgan fingerprint density at radius 1 is 1.21 bits per heavy atom. The van der Waals surface area contributed by atoms with E-state index in [-0.39, 0.29) is 11.6 Å². The van der Waals surface area contributed by atoms with Gasteiger partial charge in [0.1, 0.15) is 11.4 Å². The van der Waals surface area contributed by atoms with E-state index in [0.717, 1.165) is 6.42 Å². The Kier molecular flexibility index (Phi) is 3.66. The van der Waals surface area contributed by atoms with Crippen molar-refractivity contribution in [3.63, 3.8) is 0 Å². The van der Waals surface area contributed by atoms with Crippen LogP contribution in [0.25, 0.3) is 0 Å². The van der Waals surface area contributed by atoms with Gasteiger partial charge in [-0.2, -0.15) is 0 Å². The van der Waals surface area contributed by atoms with E-state index in [2.05, 4.69) is 11.9 Å². The molecule has 0 saturated heterocycles. The number of nitrogens with two attached hydrogens (primary N) is 2. The fraction of sp³-hybridized carbons (Fsp3) is 0.143. The van der Waals surface area contributed by atoms with E-state index in [1.807, 2.05) is 24.3 Å².